The van der Waals surface area contributed by atoms with Crippen LogP contribution in [0.1, 0.15) is 39.4 Å². The second kappa shape index (κ2) is 6.20. The molecule has 2 aromatic rings. The maximum atomic E-state index is 10.2. The van der Waals surface area contributed by atoms with Gasteiger partial charge in [0.25, 0.3) is 0 Å². The van der Waals surface area contributed by atoms with E-state index in [0.29, 0.717) is 12.3 Å². The van der Waals surface area contributed by atoms with Gasteiger partial charge >= 0.3 is 0 Å². The molecule has 3 nitrogen and oxygen atoms in total. The van der Waals surface area contributed by atoms with Crippen LogP contribution in [0.15, 0.2) is 24.3 Å². The Hall–Kier alpha value is -1.35. The van der Waals surface area contributed by atoms with Crippen molar-refractivity contribution in [3.63, 3.8) is 0 Å². The molecule has 1 heterocycles. The quantitative estimate of drug-likeness (QED) is 0.864. The molecule has 0 aliphatic rings. The third kappa shape index (κ3) is 2.98. The Morgan fingerprint density at radius 3 is 2.68 bits per heavy atom. The van der Waals surface area contributed by atoms with Crippen molar-refractivity contribution in [2.75, 3.05) is 0 Å². The summed E-state index contributed by atoms with van der Waals surface area (Å²) in [7, 11) is 0. The molecule has 2 unspecified atom stereocenters. The number of nitrogens with zero attached hydrogens (tertiary/aromatic N) is 2. The molecule has 0 amide bonds. The van der Waals surface area contributed by atoms with Crippen LogP contribution in [0, 0.1) is 5.92 Å². The Kier molecular flexibility index (Phi) is 4.59. The first-order valence-electron chi connectivity index (χ1n) is 7.29. The van der Waals surface area contributed by atoms with Crippen LogP contribution in [-0.4, -0.2) is 20.8 Å². The highest BCUT2D eigenvalue weighted by Crippen LogP contribution is 2.20. The molecule has 3 heteroatoms. The van der Waals surface area contributed by atoms with Gasteiger partial charge in [0.05, 0.1) is 17.1 Å². The number of aryl methyl sites for hydroxylation is 1. The maximum Gasteiger partial charge on any atom is 0.112 e. The molecule has 0 aliphatic heterocycles. The minimum atomic E-state index is -0.308. The summed E-state index contributed by atoms with van der Waals surface area (Å²) < 4.78 is 2.25. The highest BCUT2D eigenvalue weighted by atomic mass is 16.3. The number of para-hydroxylation sites is 2. The summed E-state index contributed by atoms with van der Waals surface area (Å²) in [6, 6.07) is 8.21. The van der Waals surface area contributed by atoms with Crippen LogP contribution in [0.3, 0.4) is 0 Å². The fraction of sp³-hybridized carbons (Fsp3) is 0.562. The molecule has 1 N–H and O–H groups in total. The Balaban J connectivity index is 2.33. The van der Waals surface area contributed by atoms with Gasteiger partial charge in [-0.15, -0.1) is 0 Å². The third-order valence-corrected chi connectivity index (χ3v) is 3.87. The van der Waals surface area contributed by atoms with Crippen molar-refractivity contribution in [2.45, 2.75) is 52.7 Å². The van der Waals surface area contributed by atoms with E-state index in [-0.39, 0.29) is 6.10 Å². The first-order chi connectivity index (χ1) is 9.17. The van der Waals surface area contributed by atoms with E-state index in [1.54, 1.807) is 0 Å². The number of aliphatic hydroxyl groups is 1. The number of benzene rings is 1. The zero-order valence-electron chi connectivity index (χ0n) is 12.1. The zero-order chi connectivity index (χ0) is 13.8. The first-order valence-corrected chi connectivity index (χ1v) is 7.29. The summed E-state index contributed by atoms with van der Waals surface area (Å²) in [4.78, 5) is 4.69. The number of fused-ring (bicyclic) bond motifs is 1. The predicted octanol–water partition coefficient (Wildman–Crippen LogP) is 3.40. The van der Waals surface area contributed by atoms with Crippen molar-refractivity contribution < 1.29 is 5.11 Å². The van der Waals surface area contributed by atoms with E-state index in [1.807, 2.05) is 18.2 Å². The van der Waals surface area contributed by atoms with E-state index in [2.05, 4.69) is 31.4 Å². The van der Waals surface area contributed by atoms with Crippen molar-refractivity contribution >= 4 is 11.0 Å². The lowest BCUT2D eigenvalue weighted by atomic mass is 9.99. The number of hydrogen-bond donors (Lipinski definition) is 1. The summed E-state index contributed by atoms with van der Waals surface area (Å²) in [5, 5.41) is 10.2. The molecule has 2 atom stereocenters. The van der Waals surface area contributed by atoms with E-state index >= 15 is 0 Å². The van der Waals surface area contributed by atoms with Gasteiger partial charge in [-0.2, -0.15) is 0 Å². The topological polar surface area (TPSA) is 38.0 Å². The van der Waals surface area contributed by atoms with Crippen molar-refractivity contribution in [3.05, 3.63) is 30.1 Å². The van der Waals surface area contributed by atoms with Gasteiger partial charge in [0.1, 0.15) is 5.82 Å². The Labute approximate surface area is 115 Å². The molecule has 2 rings (SSSR count). The highest BCUT2D eigenvalue weighted by Gasteiger charge is 2.17. The highest BCUT2D eigenvalue weighted by molar-refractivity contribution is 5.75. The van der Waals surface area contributed by atoms with Crippen molar-refractivity contribution in [3.8, 4) is 0 Å². The lowest BCUT2D eigenvalue weighted by Crippen LogP contribution is -2.22. The van der Waals surface area contributed by atoms with Gasteiger partial charge in [0, 0.05) is 13.0 Å². The molecular formula is C16H24N2O. The van der Waals surface area contributed by atoms with Gasteiger partial charge in [-0.05, 0) is 24.5 Å². The van der Waals surface area contributed by atoms with Crippen LogP contribution in [0.25, 0.3) is 11.0 Å². The molecule has 1 aromatic carbocycles. The Morgan fingerprint density at radius 2 is 2.00 bits per heavy atom. The van der Waals surface area contributed by atoms with Gasteiger partial charge in [-0.1, -0.05) is 39.3 Å². The van der Waals surface area contributed by atoms with E-state index in [1.165, 1.54) is 5.52 Å². The van der Waals surface area contributed by atoms with Crippen LogP contribution >= 0.6 is 0 Å². The van der Waals surface area contributed by atoms with Gasteiger partial charge in [-0.3, -0.25) is 0 Å². The van der Waals surface area contributed by atoms with E-state index < -0.39 is 0 Å². The first kappa shape index (κ1) is 14.1. The summed E-state index contributed by atoms with van der Waals surface area (Å²) in [6.45, 7) is 7.34. The number of aromatic nitrogens is 2. The zero-order valence-corrected chi connectivity index (χ0v) is 12.1. The lowest BCUT2D eigenvalue weighted by molar-refractivity contribution is 0.112. The molecule has 0 spiro atoms. The fourth-order valence-electron chi connectivity index (χ4n) is 2.41. The van der Waals surface area contributed by atoms with Crippen LogP contribution in [0.5, 0.6) is 0 Å². The van der Waals surface area contributed by atoms with Gasteiger partial charge < -0.3 is 9.67 Å². The summed E-state index contributed by atoms with van der Waals surface area (Å²) >= 11 is 0. The lowest BCUT2D eigenvalue weighted by Gasteiger charge is -2.17. The molecule has 19 heavy (non-hydrogen) atoms. The van der Waals surface area contributed by atoms with Crippen LogP contribution in [-0.2, 0) is 13.0 Å². The molecule has 0 saturated carbocycles. The van der Waals surface area contributed by atoms with Crippen molar-refractivity contribution in [2.24, 2.45) is 5.92 Å². The number of imidazole rings is 1. The largest absolute Gasteiger partial charge is 0.392 e. The predicted molar refractivity (Wildman–Crippen MR) is 79.2 cm³/mol. The van der Waals surface area contributed by atoms with Crippen LogP contribution < -0.4 is 0 Å². The normalized spacial score (nSPS) is 14.7. The summed E-state index contributed by atoms with van der Waals surface area (Å²) in [6.07, 6.45) is 2.41. The monoisotopic (exact) mass is 260 g/mol. The molecule has 1 aromatic heterocycles. The Morgan fingerprint density at radius 1 is 1.26 bits per heavy atom. The maximum absolute atomic E-state index is 10.2. The summed E-state index contributed by atoms with van der Waals surface area (Å²) in [5.74, 6) is 1.32. The van der Waals surface area contributed by atoms with Gasteiger partial charge in [-0.25, -0.2) is 4.98 Å². The molecule has 104 valence electrons. The molecular weight excluding hydrogens is 236 g/mol. The average Bonchev–Trinajstić information content (AvgIpc) is 2.76. The Bertz CT molecular complexity index is 533. The minimum Gasteiger partial charge on any atom is -0.392 e. The van der Waals surface area contributed by atoms with Crippen molar-refractivity contribution in [1.29, 1.82) is 0 Å². The summed E-state index contributed by atoms with van der Waals surface area (Å²) in [5.41, 5.74) is 2.21. The molecule has 0 saturated heterocycles. The molecule has 0 fully saturated rings. The molecule has 0 radical (unpaired) electrons. The molecule has 0 aliphatic carbocycles. The molecule has 0 bridgehead atoms. The van der Waals surface area contributed by atoms with Crippen LogP contribution in [0.4, 0.5) is 0 Å². The average molecular weight is 260 g/mol. The second-order valence-electron chi connectivity index (χ2n) is 5.33. The third-order valence-electron chi connectivity index (χ3n) is 3.87. The van der Waals surface area contributed by atoms with E-state index in [4.69, 9.17) is 4.98 Å². The standard InChI is InChI=1S/C16H24N2O/c1-4-10-18-14-9-7-6-8-13(14)17-16(18)11-15(19)12(3)5-2/h6-9,12,15,19H,4-5,10-11H2,1-3H3. The second-order valence-corrected chi connectivity index (χ2v) is 5.33. The van der Waals surface area contributed by atoms with E-state index in [9.17, 15) is 5.11 Å². The van der Waals surface area contributed by atoms with Crippen LogP contribution in [0.2, 0.25) is 0 Å². The fourth-order valence-corrected chi connectivity index (χ4v) is 2.41. The van der Waals surface area contributed by atoms with Gasteiger partial charge in [0.2, 0.25) is 0 Å². The number of aliphatic hydroxyl groups excluding tert-OH is 1. The van der Waals surface area contributed by atoms with Crippen molar-refractivity contribution in [1.82, 2.24) is 9.55 Å². The van der Waals surface area contributed by atoms with E-state index in [0.717, 1.165) is 30.7 Å². The number of hydrogen-bond acceptors (Lipinski definition) is 2. The SMILES string of the molecule is CCCn1c(CC(O)C(C)CC)nc2ccccc21. The van der Waals surface area contributed by atoms with Gasteiger partial charge in [0.15, 0.2) is 0 Å². The minimum absolute atomic E-state index is 0.308. The smallest absolute Gasteiger partial charge is 0.112 e. The number of rotatable bonds is 6.